The van der Waals surface area contributed by atoms with Crippen LogP contribution in [0.15, 0.2) is 66.1 Å². The Hall–Kier alpha value is -2.57. The number of imidazole rings is 1. The number of benzene rings is 2. The predicted octanol–water partition coefficient (Wildman–Crippen LogP) is 3.86. The number of hydrogen-bond acceptors (Lipinski definition) is 4. The molecule has 0 spiro atoms. The Labute approximate surface area is 176 Å². The Morgan fingerprint density at radius 3 is 2.62 bits per heavy atom. The molecule has 0 saturated carbocycles. The number of amides is 1. The maximum Gasteiger partial charge on any atom is 0.254 e. The van der Waals surface area contributed by atoms with Crippen LogP contribution in [-0.2, 0) is 6.54 Å². The molecule has 3 aromatic rings. The van der Waals surface area contributed by atoms with Crippen molar-refractivity contribution in [2.45, 2.75) is 18.6 Å². The number of piperazine rings is 1. The maximum atomic E-state index is 13.1. The molecule has 1 saturated heterocycles. The van der Waals surface area contributed by atoms with Crippen LogP contribution < -0.4 is 0 Å². The molecule has 4 rings (SSSR count). The minimum Gasteiger partial charge on any atom is -0.336 e. The summed E-state index contributed by atoms with van der Waals surface area (Å²) >= 11 is 1.59. The molecular weight excluding hydrogens is 380 g/mol. The second-order valence-electron chi connectivity index (χ2n) is 7.33. The number of aromatic nitrogens is 2. The number of carbonyl (C=O) groups is 1. The molecule has 5 nitrogen and oxygen atoms in total. The first-order valence-electron chi connectivity index (χ1n) is 9.89. The Bertz CT molecular complexity index is 992. The van der Waals surface area contributed by atoms with Crippen LogP contribution >= 0.6 is 11.8 Å². The molecule has 0 atom stereocenters. The van der Waals surface area contributed by atoms with Gasteiger partial charge in [-0.15, -0.1) is 0 Å². The van der Waals surface area contributed by atoms with Gasteiger partial charge < -0.3 is 4.90 Å². The van der Waals surface area contributed by atoms with Crippen LogP contribution in [0.3, 0.4) is 0 Å². The molecule has 1 aliphatic rings. The van der Waals surface area contributed by atoms with Crippen molar-refractivity contribution in [2.75, 3.05) is 32.4 Å². The Morgan fingerprint density at radius 2 is 1.86 bits per heavy atom. The summed E-state index contributed by atoms with van der Waals surface area (Å²) in [5.41, 5.74) is 4.39. The molecule has 1 aromatic heterocycles. The quantitative estimate of drug-likeness (QED) is 0.604. The van der Waals surface area contributed by atoms with E-state index >= 15 is 0 Å². The van der Waals surface area contributed by atoms with Gasteiger partial charge in [0.2, 0.25) is 0 Å². The van der Waals surface area contributed by atoms with Crippen molar-refractivity contribution >= 4 is 17.7 Å². The number of rotatable bonds is 5. The number of hydrogen-bond donors (Lipinski definition) is 0. The monoisotopic (exact) mass is 406 g/mol. The van der Waals surface area contributed by atoms with Gasteiger partial charge in [-0.1, -0.05) is 42.1 Å². The Morgan fingerprint density at radius 1 is 1.07 bits per heavy atom. The molecule has 6 heteroatoms. The van der Waals surface area contributed by atoms with Crippen LogP contribution in [0, 0.1) is 6.92 Å². The van der Waals surface area contributed by atoms with Crippen LogP contribution in [0.1, 0.15) is 21.5 Å². The van der Waals surface area contributed by atoms with Crippen LogP contribution in [0.4, 0.5) is 0 Å². The van der Waals surface area contributed by atoms with Crippen molar-refractivity contribution in [3.8, 4) is 5.69 Å². The molecule has 29 heavy (non-hydrogen) atoms. The minimum atomic E-state index is 0.105. The number of aryl methyl sites for hydroxylation is 1. The van der Waals surface area contributed by atoms with Gasteiger partial charge in [0.25, 0.3) is 5.91 Å². The lowest BCUT2D eigenvalue weighted by atomic mass is 10.1. The molecule has 2 heterocycles. The molecule has 0 bridgehead atoms. The summed E-state index contributed by atoms with van der Waals surface area (Å²) in [6, 6.07) is 16.3. The van der Waals surface area contributed by atoms with Gasteiger partial charge in [0, 0.05) is 56.4 Å². The summed E-state index contributed by atoms with van der Waals surface area (Å²) in [6.45, 7) is 6.43. The second-order valence-corrected chi connectivity index (χ2v) is 8.10. The van der Waals surface area contributed by atoms with E-state index in [4.69, 9.17) is 0 Å². The fourth-order valence-corrected chi connectivity index (χ4v) is 4.28. The third-order valence-electron chi connectivity index (χ3n) is 5.48. The molecule has 1 fully saturated rings. The smallest absolute Gasteiger partial charge is 0.254 e. The van der Waals surface area contributed by atoms with Crippen LogP contribution in [0.5, 0.6) is 0 Å². The lowest BCUT2D eigenvalue weighted by Crippen LogP contribution is -2.48. The Kier molecular flexibility index (Phi) is 6.02. The highest BCUT2D eigenvalue weighted by molar-refractivity contribution is 7.98. The second kappa shape index (κ2) is 8.84. The highest BCUT2D eigenvalue weighted by atomic mass is 32.2. The summed E-state index contributed by atoms with van der Waals surface area (Å²) < 4.78 is 2.02. The van der Waals surface area contributed by atoms with Gasteiger partial charge >= 0.3 is 0 Å². The van der Waals surface area contributed by atoms with Crippen molar-refractivity contribution in [3.63, 3.8) is 0 Å². The summed E-state index contributed by atoms with van der Waals surface area (Å²) in [4.78, 5) is 21.8. The molecule has 2 aromatic carbocycles. The third kappa shape index (κ3) is 4.38. The maximum absolute atomic E-state index is 13.1. The van der Waals surface area contributed by atoms with Crippen molar-refractivity contribution in [2.24, 2.45) is 0 Å². The summed E-state index contributed by atoms with van der Waals surface area (Å²) in [7, 11) is 0. The van der Waals surface area contributed by atoms with E-state index in [-0.39, 0.29) is 5.91 Å². The van der Waals surface area contributed by atoms with Gasteiger partial charge in [0.05, 0.1) is 0 Å². The average molecular weight is 407 g/mol. The molecule has 0 N–H and O–H groups in total. The minimum absolute atomic E-state index is 0.105. The largest absolute Gasteiger partial charge is 0.336 e. The van der Waals surface area contributed by atoms with Gasteiger partial charge in [-0.2, -0.15) is 0 Å². The first kappa shape index (κ1) is 19.7. The van der Waals surface area contributed by atoms with E-state index in [0.29, 0.717) is 0 Å². The Balaban J connectivity index is 1.41. The lowest BCUT2D eigenvalue weighted by molar-refractivity contribution is 0.0628. The van der Waals surface area contributed by atoms with Gasteiger partial charge in [-0.3, -0.25) is 14.3 Å². The summed E-state index contributed by atoms with van der Waals surface area (Å²) in [5.74, 6) is 0.105. The zero-order chi connectivity index (χ0) is 20.2. The van der Waals surface area contributed by atoms with Crippen molar-refractivity contribution in [3.05, 3.63) is 77.6 Å². The molecule has 150 valence electrons. The first-order valence-corrected chi connectivity index (χ1v) is 11.1. The SMILES string of the molecule is CSc1nccn1-c1cccc(C(=O)N2CCN(Cc3ccccc3C)CC2)c1. The van der Waals surface area contributed by atoms with Crippen molar-refractivity contribution in [1.82, 2.24) is 19.4 Å². The number of nitrogens with zero attached hydrogens (tertiary/aromatic N) is 4. The van der Waals surface area contributed by atoms with E-state index in [0.717, 1.165) is 49.1 Å². The van der Waals surface area contributed by atoms with E-state index < -0.39 is 0 Å². The fraction of sp³-hybridized carbons (Fsp3) is 0.304. The predicted molar refractivity (Wildman–Crippen MR) is 118 cm³/mol. The third-order valence-corrected chi connectivity index (χ3v) is 6.14. The molecule has 0 aliphatic carbocycles. The first-order chi connectivity index (χ1) is 14.2. The fourth-order valence-electron chi connectivity index (χ4n) is 3.75. The zero-order valence-electron chi connectivity index (χ0n) is 16.9. The highest BCUT2D eigenvalue weighted by Gasteiger charge is 2.22. The molecule has 1 amide bonds. The van der Waals surface area contributed by atoms with E-state index in [1.54, 1.807) is 18.0 Å². The summed E-state index contributed by atoms with van der Waals surface area (Å²) in [6.07, 6.45) is 5.72. The normalized spacial score (nSPS) is 14.9. The highest BCUT2D eigenvalue weighted by Crippen LogP contribution is 2.20. The zero-order valence-corrected chi connectivity index (χ0v) is 17.7. The number of carbonyl (C=O) groups excluding carboxylic acids is 1. The van der Waals surface area contributed by atoms with E-state index in [2.05, 4.69) is 41.1 Å². The molecular formula is C23H26N4OS. The van der Waals surface area contributed by atoms with Crippen LogP contribution in [0.25, 0.3) is 5.69 Å². The van der Waals surface area contributed by atoms with Crippen molar-refractivity contribution in [1.29, 1.82) is 0 Å². The van der Waals surface area contributed by atoms with Crippen LogP contribution in [0.2, 0.25) is 0 Å². The number of thioether (sulfide) groups is 1. The topological polar surface area (TPSA) is 41.4 Å². The van der Waals surface area contributed by atoms with Gasteiger partial charge in [0.15, 0.2) is 5.16 Å². The molecule has 0 unspecified atom stereocenters. The van der Waals surface area contributed by atoms with Crippen LogP contribution in [-0.4, -0.2) is 57.7 Å². The van der Waals surface area contributed by atoms with Gasteiger partial charge in [-0.25, -0.2) is 4.98 Å². The lowest BCUT2D eigenvalue weighted by Gasteiger charge is -2.35. The van der Waals surface area contributed by atoms with Gasteiger partial charge in [-0.05, 0) is 42.5 Å². The van der Waals surface area contributed by atoms with Crippen molar-refractivity contribution < 1.29 is 4.79 Å². The molecule has 0 radical (unpaired) electrons. The van der Waals surface area contributed by atoms with E-state index in [1.165, 1.54) is 11.1 Å². The van der Waals surface area contributed by atoms with Gasteiger partial charge in [0.1, 0.15) is 0 Å². The standard InChI is InChI=1S/C23H26N4OS/c1-18-6-3-4-7-20(18)17-25-12-14-26(15-13-25)22(28)19-8-5-9-21(16-19)27-11-10-24-23(27)29-2/h3-11,16H,12-15,17H2,1-2H3. The summed E-state index contributed by atoms with van der Waals surface area (Å²) in [5, 5.41) is 0.916. The molecule has 1 aliphatic heterocycles. The van der Waals surface area contributed by atoms with E-state index in [9.17, 15) is 4.79 Å². The van der Waals surface area contributed by atoms with E-state index in [1.807, 2.05) is 46.2 Å². The average Bonchev–Trinajstić information content (AvgIpc) is 3.24.